The third-order valence-electron chi connectivity index (χ3n) is 5.14. The molecule has 0 saturated carbocycles. The number of pyridine rings is 1. The molecule has 5 rings (SSSR count). The molecule has 9 nitrogen and oxygen atoms in total. The number of piperazine rings is 1. The lowest BCUT2D eigenvalue weighted by Crippen LogP contribution is -2.50. The Bertz CT molecular complexity index is 1150. The highest BCUT2D eigenvalue weighted by Gasteiger charge is 2.25. The number of aromatic nitrogens is 6. The molecule has 0 radical (unpaired) electrons. The number of thiazole rings is 1. The molecule has 0 unspecified atom stereocenters. The molecule has 0 atom stereocenters. The molecule has 1 aliphatic heterocycles. The first-order valence-corrected chi connectivity index (χ1v) is 10.9. The fourth-order valence-corrected chi connectivity index (χ4v) is 4.33. The molecule has 4 heterocycles. The number of carbonyl (C=O) groups is 1. The van der Waals surface area contributed by atoms with Crippen LogP contribution in [0.15, 0.2) is 60.1 Å². The van der Waals surface area contributed by atoms with Gasteiger partial charge in [0.1, 0.15) is 5.01 Å². The fraction of sp³-hybridized carbons (Fsp3) is 0.238. The zero-order valence-electron chi connectivity index (χ0n) is 16.7. The zero-order valence-corrected chi connectivity index (χ0v) is 17.5. The van der Waals surface area contributed by atoms with Crippen LogP contribution in [0, 0.1) is 0 Å². The van der Waals surface area contributed by atoms with E-state index in [2.05, 4.69) is 30.4 Å². The van der Waals surface area contributed by atoms with Crippen LogP contribution in [0.1, 0.15) is 5.69 Å². The van der Waals surface area contributed by atoms with Gasteiger partial charge in [0.15, 0.2) is 0 Å². The maximum atomic E-state index is 12.8. The predicted octanol–water partition coefficient (Wildman–Crippen LogP) is 2.07. The van der Waals surface area contributed by atoms with Crippen LogP contribution in [0.5, 0.6) is 0 Å². The maximum absolute atomic E-state index is 12.8. The second-order valence-electron chi connectivity index (χ2n) is 7.13. The first-order valence-electron chi connectivity index (χ1n) is 10.0. The Kier molecular flexibility index (Phi) is 5.36. The van der Waals surface area contributed by atoms with Gasteiger partial charge < -0.3 is 9.80 Å². The minimum absolute atomic E-state index is 0.0835. The number of anilines is 1. The summed E-state index contributed by atoms with van der Waals surface area (Å²) in [4.78, 5) is 25.7. The Hall–Kier alpha value is -3.66. The van der Waals surface area contributed by atoms with Crippen molar-refractivity contribution in [1.82, 2.24) is 35.1 Å². The largest absolute Gasteiger partial charge is 0.339 e. The van der Waals surface area contributed by atoms with Crippen molar-refractivity contribution in [3.8, 4) is 16.4 Å². The summed E-state index contributed by atoms with van der Waals surface area (Å²) < 4.78 is 1.73. The molecule has 1 amide bonds. The van der Waals surface area contributed by atoms with Gasteiger partial charge in [0.05, 0.1) is 23.5 Å². The van der Waals surface area contributed by atoms with E-state index < -0.39 is 0 Å². The number of hydrogen-bond acceptors (Lipinski definition) is 8. The first-order chi connectivity index (χ1) is 15.3. The summed E-state index contributed by atoms with van der Waals surface area (Å²) in [6, 6.07) is 15.5. The van der Waals surface area contributed by atoms with E-state index in [0.717, 1.165) is 22.1 Å². The average molecular weight is 433 g/mol. The number of tetrazole rings is 1. The van der Waals surface area contributed by atoms with Crippen LogP contribution in [0.2, 0.25) is 0 Å². The minimum Gasteiger partial charge on any atom is -0.339 e. The summed E-state index contributed by atoms with van der Waals surface area (Å²) in [5, 5.41) is 14.9. The first kappa shape index (κ1) is 19.3. The van der Waals surface area contributed by atoms with Gasteiger partial charge in [-0.3, -0.25) is 9.78 Å². The minimum atomic E-state index is 0.0835. The molecule has 4 aromatic rings. The van der Waals surface area contributed by atoms with E-state index in [1.807, 2.05) is 58.8 Å². The Morgan fingerprint density at radius 1 is 1.00 bits per heavy atom. The average Bonchev–Trinajstić information content (AvgIpc) is 3.50. The Morgan fingerprint density at radius 2 is 1.81 bits per heavy atom. The van der Waals surface area contributed by atoms with Gasteiger partial charge in [-0.2, -0.15) is 4.68 Å². The van der Waals surface area contributed by atoms with Gasteiger partial charge in [0.25, 0.3) is 0 Å². The van der Waals surface area contributed by atoms with Crippen LogP contribution in [0.4, 0.5) is 5.95 Å². The number of carbonyl (C=O) groups excluding carboxylic acids is 1. The van der Waals surface area contributed by atoms with Crippen LogP contribution >= 0.6 is 11.3 Å². The lowest BCUT2D eigenvalue weighted by atomic mass is 10.2. The molecule has 3 aromatic heterocycles. The summed E-state index contributed by atoms with van der Waals surface area (Å²) >= 11 is 1.51. The van der Waals surface area contributed by atoms with Crippen LogP contribution in [0.25, 0.3) is 16.4 Å². The van der Waals surface area contributed by atoms with Crippen molar-refractivity contribution < 1.29 is 4.79 Å². The lowest BCUT2D eigenvalue weighted by molar-refractivity contribution is -0.130. The van der Waals surface area contributed by atoms with Crippen molar-refractivity contribution >= 4 is 23.2 Å². The van der Waals surface area contributed by atoms with Crippen molar-refractivity contribution in [2.45, 2.75) is 6.42 Å². The second-order valence-corrected chi connectivity index (χ2v) is 7.99. The number of amides is 1. The van der Waals surface area contributed by atoms with E-state index in [0.29, 0.717) is 38.5 Å². The standard InChI is InChI=1S/C21H20N8OS/c30-19(14-16-15-31-20(23-16)18-8-4-5-9-22-18)27-10-12-28(13-11-27)21-24-25-26-29(21)17-6-2-1-3-7-17/h1-9,15H,10-14H2. The van der Waals surface area contributed by atoms with Gasteiger partial charge in [0.2, 0.25) is 11.9 Å². The summed E-state index contributed by atoms with van der Waals surface area (Å²) in [5.74, 6) is 0.776. The van der Waals surface area contributed by atoms with Crippen molar-refractivity contribution in [3.05, 3.63) is 65.8 Å². The summed E-state index contributed by atoms with van der Waals surface area (Å²) in [6.45, 7) is 2.60. The molecule has 10 heteroatoms. The highest BCUT2D eigenvalue weighted by Crippen LogP contribution is 2.22. The molecular formula is C21H20N8OS. The van der Waals surface area contributed by atoms with Crippen molar-refractivity contribution in [3.63, 3.8) is 0 Å². The van der Waals surface area contributed by atoms with Gasteiger partial charge >= 0.3 is 0 Å². The van der Waals surface area contributed by atoms with Gasteiger partial charge in [-0.05, 0) is 34.7 Å². The van der Waals surface area contributed by atoms with Crippen LogP contribution in [-0.2, 0) is 11.2 Å². The number of para-hydroxylation sites is 1. The molecule has 0 N–H and O–H groups in total. The summed E-state index contributed by atoms with van der Waals surface area (Å²) in [6.07, 6.45) is 2.04. The second kappa shape index (κ2) is 8.60. The number of rotatable bonds is 5. The van der Waals surface area contributed by atoms with Gasteiger partial charge in [-0.15, -0.1) is 11.3 Å². The number of nitrogens with zero attached hydrogens (tertiary/aromatic N) is 8. The molecule has 0 bridgehead atoms. The maximum Gasteiger partial charge on any atom is 0.250 e. The van der Waals surface area contributed by atoms with Crippen molar-refractivity contribution in [1.29, 1.82) is 0 Å². The van der Waals surface area contributed by atoms with E-state index in [4.69, 9.17) is 0 Å². The molecule has 1 fully saturated rings. The molecule has 1 saturated heterocycles. The highest BCUT2D eigenvalue weighted by molar-refractivity contribution is 7.13. The van der Waals surface area contributed by atoms with Crippen LogP contribution in [0.3, 0.4) is 0 Å². The third-order valence-corrected chi connectivity index (χ3v) is 6.05. The Labute approximate surface area is 183 Å². The lowest BCUT2D eigenvalue weighted by Gasteiger charge is -2.34. The topological polar surface area (TPSA) is 92.9 Å². The highest BCUT2D eigenvalue weighted by atomic mass is 32.1. The molecule has 0 spiro atoms. The normalized spacial score (nSPS) is 14.1. The monoisotopic (exact) mass is 432 g/mol. The quantitative estimate of drug-likeness (QED) is 0.477. The molecule has 1 aliphatic rings. The van der Waals surface area contributed by atoms with Gasteiger partial charge in [-0.1, -0.05) is 29.4 Å². The smallest absolute Gasteiger partial charge is 0.250 e. The molecule has 0 aliphatic carbocycles. The van der Waals surface area contributed by atoms with Gasteiger partial charge in [0, 0.05) is 37.8 Å². The van der Waals surface area contributed by atoms with Gasteiger partial charge in [-0.25, -0.2) is 4.98 Å². The summed E-state index contributed by atoms with van der Waals surface area (Å²) in [5.41, 5.74) is 2.52. The molecular weight excluding hydrogens is 412 g/mol. The molecule has 156 valence electrons. The van der Waals surface area contributed by atoms with E-state index >= 15 is 0 Å². The van der Waals surface area contributed by atoms with Crippen molar-refractivity contribution in [2.75, 3.05) is 31.1 Å². The van der Waals surface area contributed by atoms with E-state index in [-0.39, 0.29) is 5.91 Å². The van der Waals surface area contributed by atoms with E-state index in [1.165, 1.54) is 11.3 Å². The Balaban J connectivity index is 1.20. The molecule has 31 heavy (non-hydrogen) atoms. The predicted molar refractivity (Wildman–Crippen MR) is 117 cm³/mol. The SMILES string of the molecule is O=C(Cc1csc(-c2ccccn2)n1)N1CCN(c2nnnn2-c2ccccc2)CC1. The fourth-order valence-electron chi connectivity index (χ4n) is 3.53. The van der Waals surface area contributed by atoms with Crippen LogP contribution < -0.4 is 4.90 Å². The molecule has 1 aromatic carbocycles. The number of benzene rings is 1. The summed E-state index contributed by atoms with van der Waals surface area (Å²) in [7, 11) is 0. The van der Waals surface area contributed by atoms with Crippen LogP contribution in [-0.4, -0.2) is 67.2 Å². The Morgan fingerprint density at radius 3 is 2.58 bits per heavy atom. The third kappa shape index (κ3) is 4.15. The van der Waals surface area contributed by atoms with Crippen molar-refractivity contribution in [2.24, 2.45) is 0 Å². The number of hydrogen-bond donors (Lipinski definition) is 0. The van der Waals surface area contributed by atoms with E-state index in [9.17, 15) is 4.79 Å². The van der Waals surface area contributed by atoms with E-state index in [1.54, 1.807) is 10.9 Å². The zero-order chi connectivity index (χ0) is 21.0.